The van der Waals surface area contributed by atoms with Gasteiger partial charge >= 0.3 is 0 Å². The van der Waals surface area contributed by atoms with Crippen LogP contribution in [0.1, 0.15) is 39.5 Å². The van der Waals surface area contributed by atoms with Gasteiger partial charge in [0.2, 0.25) is 10.0 Å². The third-order valence-electron chi connectivity index (χ3n) is 4.41. The predicted octanol–water partition coefficient (Wildman–Crippen LogP) is 3.32. The summed E-state index contributed by atoms with van der Waals surface area (Å²) in [6, 6.07) is 7.17. The van der Waals surface area contributed by atoms with E-state index in [9.17, 15) is 8.42 Å². The first-order valence-corrected chi connectivity index (χ1v) is 9.21. The molecule has 0 spiro atoms. The summed E-state index contributed by atoms with van der Waals surface area (Å²) in [4.78, 5) is 0.380. The maximum atomic E-state index is 12.7. The van der Waals surface area contributed by atoms with Crippen LogP contribution in [0.2, 0.25) is 0 Å². The van der Waals surface area contributed by atoms with Gasteiger partial charge in [0, 0.05) is 25.3 Å². The molecule has 0 saturated heterocycles. The summed E-state index contributed by atoms with van der Waals surface area (Å²) < 4.78 is 26.9. The van der Waals surface area contributed by atoms with Gasteiger partial charge < -0.3 is 5.32 Å². The molecule has 0 heterocycles. The van der Waals surface area contributed by atoms with Gasteiger partial charge in [0.05, 0.1) is 4.90 Å². The van der Waals surface area contributed by atoms with E-state index in [1.807, 2.05) is 19.1 Å². The van der Waals surface area contributed by atoms with E-state index in [-0.39, 0.29) is 6.04 Å². The Balaban J connectivity index is 2.13. The molecular formula is C16H26N2O2S. The van der Waals surface area contributed by atoms with Gasteiger partial charge in [-0.1, -0.05) is 6.92 Å². The molecule has 2 rings (SSSR count). The molecule has 1 aliphatic carbocycles. The van der Waals surface area contributed by atoms with Crippen molar-refractivity contribution in [1.29, 1.82) is 0 Å². The lowest BCUT2D eigenvalue weighted by Gasteiger charge is -2.32. The molecule has 4 nitrogen and oxygen atoms in total. The van der Waals surface area contributed by atoms with Crippen molar-refractivity contribution in [2.24, 2.45) is 5.92 Å². The minimum atomic E-state index is -3.38. The first-order valence-electron chi connectivity index (χ1n) is 7.77. The summed E-state index contributed by atoms with van der Waals surface area (Å²) in [7, 11) is -1.67. The first-order chi connectivity index (χ1) is 9.95. The maximum Gasteiger partial charge on any atom is 0.243 e. The van der Waals surface area contributed by atoms with Gasteiger partial charge in [-0.2, -0.15) is 4.31 Å². The summed E-state index contributed by atoms with van der Waals surface area (Å²) in [5.74, 6) is 0.719. The van der Waals surface area contributed by atoms with Gasteiger partial charge in [-0.3, -0.25) is 0 Å². The molecule has 1 N–H and O–H groups in total. The lowest BCUT2D eigenvalue weighted by atomic mass is 9.87. The van der Waals surface area contributed by atoms with E-state index in [0.29, 0.717) is 4.90 Å². The SMILES string of the molecule is CCNc1ccc(S(=O)(=O)N(C)C2CCC(C)CC2)cc1. The molecule has 0 bridgehead atoms. The van der Waals surface area contributed by atoms with E-state index in [0.717, 1.165) is 43.8 Å². The summed E-state index contributed by atoms with van der Waals surface area (Å²) in [6.45, 7) is 5.08. The van der Waals surface area contributed by atoms with Crippen LogP contribution in [0.15, 0.2) is 29.2 Å². The largest absolute Gasteiger partial charge is 0.385 e. The Labute approximate surface area is 128 Å². The molecule has 1 aromatic carbocycles. The molecule has 0 atom stereocenters. The lowest BCUT2D eigenvalue weighted by molar-refractivity contribution is 0.246. The number of nitrogens with one attached hydrogen (secondary N) is 1. The van der Waals surface area contributed by atoms with E-state index < -0.39 is 10.0 Å². The topological polar surface area (TPSA) is 49.4 Å². The molecule has 118 valence electrons. The van der Waals surface area contributed by atoms with E-state index in [1.54, 1.807) is 23.5 Å². The monoisotopic (exact) mass is 310 g/mol. The lowest BCUT2D eigenvalue weighted by Crippen LogP contribution is -2.39. The van der Waals surface area contributed by atoms with Crippen LogP contribution in [0.3, 0.4) is 0 Å². The zero-order valence-corrected chi connectivity index (χ0v) is 14.0. The second kappa shape index (κ2) is 6.79. The second-order valence-corrected chi connectivity index (χ2v) is 7.99. The average molecular weight is 310 g/mol. The Hall–Kier alpha value is -1.07. The summed E-state index contributed by atoms with van der Waals surface area (Å²) in [5, 5.41) is 3.18. The fourth-order valence-corrected chi connectivity index (χ4v) is 4.33. The quantitative estimate of drug-likeness (QED) is 0.907. The standard InChI is InChI=1S/C16H26N2O2S/c1-4-17-14-7-11-16(12-8-14)21(19,20)18(3)15-9-5-13(2)6-10-15/h7-8,11-13,15,17H,4-6,9-10H2,1-3H3. The molecule has 0 unspecified atom stereocenters. The van der Waals surface area contributed by atoms with Gasteiger partial charge in [0.15, 0.2) is 0 Å². The third kappa shape index (κ3) is 3.77. The van der Waals surface area contributed by atoms with Gasteiger partial charge in [0.25, 0.3) is 0 Å². The zero-order valence-electron chi connectivity index (χ0n) is 13.2. The van der Waals surface area contributed by atoms with Crippen molar-refractivity contribution in [2.75, 3.05) is 18.9 Å². The number of nitrogens with zero attached hydrogens (tertiary/aromatic N) is 1. The molecule has 1 fully saturated rings. The van der Waals surface area contributed by atoms with Crippen molar-refractivity contribution < 1.29 is 8.42 Å². The van der Waals surface area contributed by atoms with Crippen molar-refractivity contribution in [2.45, 2.75) is 50.5 Å². The van der Waals surface area contributed by atoms with E-state index in [1.165, 1.54) is 0 Å². The minimum Gasteiger partial charge on any atom is -0.385 e. The molecule has 5 heteroatoms. The molecule has 1 aliphatic rings. The van der Waals surface area contributed by atoms with Crippen LogP contribution in [0, 0.1) is 5.92 Å². The minimum absolute atomic E-state index is 0.139. The normalized spacial score (nSPS) is 23.2. The van der Waals surface area contributed by atoms with Crippen LogP contribution in [0.25, 0.3) is 0 Å². The molecule has 0 radical (unpaired) electrons. The highest BCUT2D eigenvalue weighted by Gasteiger charge is 2.30. The van der Waals surface area contributed by atoms with Crippen LogP contribution in [0.5, 0.6) is 0 Å². The van der Waals surface area contributed by atoms with Crippen LogP contribution in [-0.4, -0.2) is 32.4 Å². The molecule has 0 amide bonds. The Kier molecular flexibility index (Phi) is 5.27. The van der Waals surface area contributed by atoms with Gasteiger partial charge in [-0.05, 0) is 62.8 Å². The maximum absolute atomic E-state index is 12.7. The van der Waals surface area contributed by atoms with Crippen molar-refractivity contribution in [3.05, 3.63) is 24.3 Å². The highest BCUT2D eigenvalue weighted by atomic mass is 32.2. The van der Waals surface area contributed by atoms with E-state index in [2.05, 4.69) is 12.2 Å². The summed E-state index contributed by atoms with van der Waals surface area (Å²) in [6.07, 6.45) is 4.16. The second-order valence-electron chi connectivity index (χ2n) is 5.99. The Bertz CT molecular complexity index is 546. The van der Waals surface area contributed by atoms with Crippen molar-refractivity contribution in [3.63, 3.8) is 0 Å². The van der Waals surface area contributed by atoms with Crippen LogP contribution in [-0.2, 0) is 10.0 Å². The fourth-order valence-electron chi connectivity index (χ4n) is 2.92. The summed E-state index contributed by atoms with van der Waals surface area (Å²) in [5.41, 5.74) is 0.950. The zero-order chi connectivity index (χ0) is 15.5. The van der Waals surface area contributed by atoms with Gasteiger partial charge in [-0.25, -0.2) is 8.42 Å². The Morgan fingerprint density at radius 3 is 2.24 bits per heavy atom. The molecule has 1 saturated carbocycles. The van der Waals surface area contributed by atoms with Gasteiger partial charge in [-0.15, -0.1) is 0 Å². The number of sulfonamides is 1. The van der Waals surface area contributed by atoms with Crippen LogP contribution >= 0.6 is 0 Å². The van der Waals surface area contributed by atoms with Crippen LogP contribution < -0.4 is 5.32 Å². The highest BCUT2D eigenvalue weighted by Crippen LogP contribution is 2.29. The van der Waals surface area contributed by atoms with Gasteiger partial charge in [0.1, 0.15) is 0 Å². The Morgan fingerprint density at radius 1 is 1.14 bits per heavy atom. The summed E-state index contributed by atoms with van der Waals surface area (Å²) >= 11 is 0. The van der Waals surface area contributed by atoms with Crippen LogP contribution in [0.4, 0.5) is 5.69 Å². The van der Waals surface area contributed by atoms with E-state index in [4.69, 9.17) is 0 Å². The molecule has 1 aromatic rings. The Morgan fingerprint density at radius 2 is 1.71 bits per heavy atom. The highest BCUT2D eigenvalue weighted by molar-refractivity contribution is 7.89. The number of benzene rings is 1. The molecule has 0 aromatic heterocycles. The average Bonchev–Trinajstić information content (AvgIpc) is 2.48. The molecule has 0 aliphatic heterocycles. The number of hydrogen-bond donors (Lipinski definition) is 1. The smallest absolute Gasteiger partial charge is 0.243 e. The number of hydrogen-bond acceptors (Lipinski definition) is 3. The first kappa shape index (κ1) is 16.3. The number of anilines is 1. The third-order valence-corrected chi connectivity index (χ3v) is 6.34. The fraction of sp³-hybridized carbons (Fsp3) is 0.625. The van der Waals surface area contributed by atoms with Crippen molar-refractivity contribution >= 4 is 15.7 Å². The van der Waals surface area contributed by atoms with E-state index >= 15 is 0 Å². The molecular weight excluding hydrogens is 284 g/mol. The number of rotatable bonds is 5. The van der Waals surface area contributed by atoms with Crippen molar-refractivity contribution in [3.8, 4) is 0 Å². The van der Waals surface area contributed by atoms with Crippen molar-refractivity contribution in [1.82, 2.24) is 4.31 Å². The predicted molar refractivity (Wildman–Crippen MR) is 87.0 cm³/mol. The molecule has 21 heavy (non-hydrogen) atoms.